The van der Waals surface area contributed by atoms with Gasteiger partial charge in [0.05, 0.1) is 13.2 Å². The average Bonchev–Trinajstić information content (AvgIpc) is 2.36. The Morgan fingerprint density at radius 2 is 2.11 bits per heavy atom. The molecule has 1 aromatic carbocycles. The lowest BCUT2D eigenvalue weighted by atomic mass is 10.1. The van der Waals surface area contributed by atoms with Crippen molar-refractivity contribution in [3.05, 3.63) is 29.3 Å². The molecule has 0 fully saturated rings. The fourth-order valence-corrected chi connectivity index (χ4v) is 1.45. The molecule has 0 saturated heterocycles. The third-order valence-corrected chi connectivity index (χ3v) is 2.25. The highest BCUT2D eigenvalue weighted by molar-refractivity contribution is 6.00. The largest absolute Gasteiger partial charge is 0.493 e. The number of amides is 1. The minimum atomic E-state index is -0.760. The van der Waals surface area contributed by atoms with E-state index in [1.807, 2.05) is 13.8 Å². The van der Waals surface area contributed by atoms with Gasteiger partial charge in [0.1, 0.15) is 11.6 Å². The quantitative estimate of drug-likeness (QED) is 0.647. The number of rotatable bonds is 5. The van der Waals surface area contributed by atoms with Crippen LogP contribution in [0.25, 0.3) is 6.08 Å². The Bertz CT molecular complexity index is 542. The highest BCUT2D eigenvalue weighted by atomic mass is 16.5. The molecule has 1 rings (SSSR count). The molecule has 5 heteroatoms. The Kier molecular flexibility index (Phi) is 4.95. The molecule has 0 aliphatic rings. The van der Waals surface area contributed by atoms with E-state index in [0.29, 0.717) is 17.1 Å². The molecule has 1 amide bonds. The van der Waals surface area contributed by atoms with Gasteiger partial charge in [-0.1, -0.05) is 6.07 Å². The smallest absolute Gasteiger partial charge is 0.259 e. The molecule has 0 aliphatic carbocycles. The predicted octanol–water partition coefficient (Wildman–Crippen LogP) is 1.87. The Morgan fingerprint density at radius 1 is 1.42 bits per heavy atom. The van der Waals surface area contributed by atoms with E-state index >= 15 is 0 Å². The van der Waals surface area contributed by atoms with Crippen LogP contribution in [0, 0.1) is 11.3 Å². The summed E-state index contributed by atoms with van der Waals surface area (Å²) in [6.45, 7) is 3.82. The van der Waals surface area contributed by atoms with Gasteiger partial charge in [-0.15, -0.1) is 0 Å². The van der Waals surface area contributed by atoms with Gasteiger partial charge in [0.15, 0.2) is 11.5 Å². The minimum Gasteiger partial charge on any atom is -0.493 e. The van der Waals surface area contributed by atoms with Crippen molar-refractivity contribution in [1.82, 2.24) is 0 Å². The van der Waals surface area contributed by atoms with Crippen LogP contribution in [-0.4, -0.2) is 19.1 Å². The highest BCUT2D eigenvalue weighted by Crippen LogP contribution is 2.29. The lowest BCUT2D eigenvalue weighted by Gasteiger charge is -2.13. The van der Waals surface area contributed by atoms with E-state index in [1.165, 1.54) is 13.2 Å². The molecule has 1 aromatic rings. The van der Waals surface area contributed by atoms with E-state index < -0.39 is 5.91 Å². The number of ether oxygens (including phenoxy) is 2. The van der Waals surface area contributed by atoms with E-state index in [9.17, 15) is 4.79 Å². The van der Waals surface area contributed by atoms with Gasteiger partial charge in [-0.2, -0.15) is 5.26 Å². The Balaban J connectivity index is 3.14. The number of benzene rings is 1. The lowest BCUT2D eigenvalue weighted by Crippen LogP contribution is -2.12. The number of nitrogens with zero attached hydrogens (tertiary/aromatic N) is 1. The van der Waals surface area contributed by atoms with E-state index in [1.54, 1.807) is 24.3 Å². The van der Waals surface area contributed by atoms with Crippen molar-refractivity contribution >= 4 is 12.0 Å². The molecular formula is C14H16N2O3. The van der Waals surface area contributed by atoms with Crippen LogP contribution in [0.4, 0.5) is 0 Å². The van der Waals surface area contributed by atoms with Gasteiger partial charge in [-0.05, 0) is 37.6 Å². The molecule has 0 aliphatic heterocycles. The zero-order chi connectivity index (χ0) is 14.4. The summed E-state index contributed by atoms with van der Waals surface area (Å²) in [6.07, 6.45) is 1.43. The molecule has 2 N–H and O–H groups in total. The standard InChI is InChI=1S/C14H16N2O3/c1-9(2)19-12-5-4-10(7-13(12)18-3)6-11(8-15)14(16)17/h4-7,9H,1-3H3,(H2,16,17)/b11-6-. The normalized spacial score (nSPS) is 11.0. The van der Waals surface area contributed by atoms with Crippen molar-refractivity contribution < 1.29 is 14.3 Å². The first-order valence-corrected chi connectivity index (χ1v) is 5.74. The number of hydrogen-bond donors (Lipinski definition) is 1. The maximum absolute atomic E-state index is 11.0. The van der Waals surface area contributed by atoms with Gasteiger partial charge in [-0.25, -0.2) is 0 Å². The van der Waals surface area contributed by atoms with Crippen molar-refractivity contribution in [1.29, 1.82) is 5.26 Å². The Labute approximate surface area is 112 Å². The molecule has 0 heterocycles. The summed E-state index contributed by atoms with van der Waals surface area (Å²) in [5.41, 5.74) is 5.61. The number of carbonyl (C=O) groups excluding carboxylic acids is 1. The number of hydrogen-bond acceptors (Lipinski definition) is 4. The Hall–Kier alpha value is -2.48. The van der Waals surface area contributed by atoms with Crippen molar-refractivity contribution in [2.24, 2.45) is 5.73 Å². The van der Waals surface area contributed by atoms with Crippen LogP contribution in [-0.2, 0) is 4.79 Å². The lowest BCUT2D eigenvalue weighted by molar-refractivity contribution is -0.114. The molecule has 0 atom stereocenters. The SMILES string of the molecule is COc1cc(/C=C(/C#N)C(N)=O)ccc1OC(C)C. The first-order chi connectivity index (χ1) is 8.97. The summed E-state index contributed by atoms with van der Waals surface area (Å²) in [7, 11) is 1.52. The summed E-state index contributed by atoms with van der Waals surface area (Å²) in [6, 6.07) is 6.87. The fraction of sp³-hybridized carbons (Fsp3) is 0.286. The molecule has 0 saturated carbocycles. The highest BCUT2D eigenvalue weighted by Gasteiger charge is 2.08. The zero-order valence-electron chi connectivity index (χ0n) is 11.1. The second-order valence-corrected chi connectivity index (χ2v) is 4.11. The van der Waals surface area contributed by atoms with Crippen LogP contribution in [0.5, 0.6) is 11.5 Å². The second kappa shape index (κ2) is 6.45. The summed E-state index contributed by atoms with van der Waals surface area (Å²) in [5, 5.41) is 8.78. The third-order valence-electron chi connectivity index (χ3n) is 2.25. The summed E-state index contributed by atoms with van der Waals surface area (Å²) in [4.78, 5) is 11.0. The van der Waals surface area contributed by atoms with Gasteiger partial charge in [0, 0.05) is 0 Å². The molecule has 0 aromatic heterocycles. The first-order valence-electron chi connectivity index (χ1n) is 5.74. The predicted molar refractivity (Wildman–Crippen MR) is 71.5 cm³/mol. The summed E-state index contributed by atoms with van der Waals surface area (Å²) < 4.78 is 10.8. The number of primary amides is 1. The van der Waals surface area contributed by atoms with Gasteiger partial charge in [0.2, 0.25) is 0 Å². The molecule has 0 radical (unpaired) electrons. The fourth-order valence-electron chi connectivity index (χ4n) is 1.45. The third kappa shape index (κ3) is 4.03. The number of nitrogens with two attached hydrogens (primary N) is 1. The van der Waals surface area contributed by atoms with E-state index in [4.69, 9.17) is 20.5 Å². The van der Waals surface area contributed by atoms with Gasteiger partial charge >= 0.3 is 0 Å². The van der Waals surface area contributed by atoms with Crippen molar-refractivity contribution in [2.45, 2.75) is 20.0 Å². The van der Waals surface area contributed by atoms with Crippen molar-refractivity contribution in [3.8, 4) is 17.6 Å². The number of carbonyl (C=O) groups is 1. The maximum atomic E-state index is 11.0. The monoisotopic (exact) mass is 260 g/mol. The first kappa shape index (κ1) is 14.6. The Morgan fingerprint density at radius 3 is 2.58 bits per heavy atom. The maximum Gasteiger partial charge on any atom is 0.259 e. The van der Waals surface area contributed by atoms with Crippen LogP contribution in [0.3, 0.4) is 0 Å². The van der Waals surface area contributed by atoms with E-state index in [-0.39, 0.29) is 11.7 Å². The van der Waals surface area contributed by atoms with E-state index in [2.05, 4.69) is 0 Å². The van der Waals surface area contributed by atoms with Gasteiger partial charge < -0.3 is 15.2 Å². The number of methoxy groups -OCH3 is 1. The molecule has 0 spiro atoms. The molecule has 100 valence electrons. The second-order valence-electron chi connectivity index (χ2n) is 4.11. The van der Waals surface area contributed by atoms with E-state index in [0.717, 1.165) is 0 Å². The summed E-state index contributed by atoms with van der Waals surface area (Å²) in [5.74, 6) is 0.375. The topological polar surface area (TPSA) is 85.3 Å². The van der Waals surface area contributed by atoms with Gasteiger partial charge in [0.25, 0.3) is 5.91 Å². The van der Waals surface area contributed by atoms with Crippen molar-refractivity contribution in [3.63, 3.8) is 0 Å². The summed E-state index contributed by atoms with van der Waals surface area (Å²) >= 11 is 0. The molecule has 0 bridgehead atoms. The van der Waals surface area contributed by atoms with Crippen LogP contribution in [0.2, 0.25) is 0 Å². The minimum absolute atomic E-state index is 0.0237. The van der Waals surface area contributed by atoms with Gasteiger partial charge in [-0.3, -0.25) is 4.79 Å². The van der Waals surface area contributed by atoms with Crippen LogP contribution in [0.1, 0.15) is 19.4 Å². The van der Waals surface area contributed by atoms with Crippen LogP contribution in [0.15, 0.2) is 23.8 Å². The molecule has 19 heavy (non-hydrogen) atoms. The molecular weight excluding hydrogens is 244 g/mol. The molecule has 5 nitrogen and oxygen atoms in total. The van der Waals surface area contributed by atoms with Crippen molar-refractivity contribution in [2.75, 3.05) is 7.11 Å². The molecule has 0 unspecified atom stereocenters. The van der Waals surface area contributed by atoms with Crippen LogP contribution >= 0.6 is 0 Å². The average molecular weight is 260 g/mol. The van der Waals surface area contributed by atoms with Crippen LogP contribution < -0.4 is 15.2 Å². The zero-order valence-corrected chi connectivity index (χ0v) is 11.1. The number of nitriles is 1.